The molecule has 2 aromatic carbocycles. The predicted octanol–water partition coefficient (Wildman–Crippen LogP) is 4.13. The van der Waals surface area contributed by atoms with Gasteiger partial charge in [0, 0.05) is 76.8 Å². The molecule has 51 heavy (non-hydrogen) atoms. The number of allylic oxidation sites excluding steroid dienone is 10. The van der Waals surface area contributed by atoms with Gasteiger partial charge in [-0.2, -0.15) is 16.8 Å². The number of carbonyl (C=O) groups excluding carboxylic acids is 2. The first-order valence-electron chi connectivity index (χ1n) is 14.0. The maximum Gasteiger partial charge on any atom is 0.335 e. The second-order valence-corrected chi connectivity index (χ2v) is 9.01. The molecule has 0 fully saturated rings. The number of nitrogens with two attached hydrogens (primary N) is 2. The van der Waals surface area contributed by atoms with E-state index in [1.807, 2.05) is 72.8 Å². The maximum atomic E-state index is 11.4. The number of rotatable bonds is 4. The number of nitrogens with one attached hydrogen (secondary N) is 2. The minimum atomic E-state index is -0.750. The van der Waals surface area contributed by atoms with E-state index in [0.29, 0.717) is 23.0 Å². The van der Waals surface area contributed by atoms with Gasteiger partial charge in [0.15, 0.2) is 11.6 Å². The molecule has 0 atom stereocenters. The summed E-state index contributed by atoms with van der Waals surface area (Å²) in [5.74, 6) is 0.701. The molecule has 4 aromatic rings. The van der Waals surface area contributed by atoms with Gasteiger partial charge in [-0.25, -0.2) is 19.9 Å². The molecule has 2 heterocycles. The van der Waals surface area contributed by atoms with E-state index in [1.54, 1.807) is 85.8 Å². The summed E-state index contributed by atoms with van der Waals surface area (Å²) in [5.41, 5.74) is 13.6. The summed E-state index contributed by atoms with van der Waals surface area (Å²) in [6.45, 7) is 0. The van der Waals surface area contributed by atoms with Crippen LogP contribution in [0.5, 0.6) is 0 Å². The van der Waals surface area contributed by atoms with Crippen LogP contribution >= 0.6 is 0 Å². The summed E-state index contributed by atoms with van der Waals surface area (Å²) in [6, 6.07) is 22.9. The Kier molecular flexibility index (Phi) is 26.2. The standard InChI is InChI=1S/2C13H11NO.2C4H5N3.Cu.2O2S/c2*15-13-9-5-4-6-11(13)10-14-12-7-2-1-3-8-12;2*5-4-6-2-1-3-7-4;;2*1-3-2/h2*1-10,14H;2*1-3H,(H2,5,6,7);;;/b11-10+;11-10-;;;;;. The van der Waals surface area contributed by atoms with Crippen LogP contribution in [0, 0.1) is 0 Å². The van der Waals surface area contributed by atoms with Crippen molar-refractivity contribution in [1.82, 2.24) is 19.9 Å². The number of nitrogens with zero attached hydrogens (tertiary/aromatic N) is 4. The van der Waals surface area contributed by atoms with Crippen LogP contribution in [-0.2, 0) is 49.8 Å². The summed E-state index contributed by atoms with van der Waals surface area (Å²) < 4.78 is 33.2. The zero-order valence-electron chi connectivity index (χ0n) is 26.5. The van der Waals surface area contributed by atoms with E-state index in [0.717, 1.165) is 11.4 Å². The largest absolute Gasteiger partial charge is 0.368 e. The van der Waals surface area contributed by atoms with Crippen LogP contribution in [0.4, 0.5) is 23.3 Å². The van der Waals surface area contributed by atoms with E-state index in [-0.39, 0.29) is 28.6 Å². The topological polar surface area (TPSA) is 230 Å². The molecule has 0 saturated carbocycles. The van der Waals surface area contributed by atoms with Gasteiger partial charge in [-0.1, -0.05) is 60.7 Å². The van der Waals surface area contributed by atoms with Gasteiger partial charge in [0.2, 0.25) is 11.9 Å². The van der Waals surface area contributed by atoms with Crippen LogP contribution in [0.15, 0.2) is 170 Å². The third-order valence-corrected chi connectivity index (χ3v) is 5.35. The number of aromatic nitrogens is 4. The first-order valence-corrected chi connectivity index (χ1v) is 15.4. The van der Waals surface area contributed by atoms with Crippen LogP contribution in [0.25, 0.3) is 0 Å². The molecule has 0 amide bonds. The van der Waals surface area contributed by atoms with Crippen molar-refractivity contribution in [2.75, 3.05) is 22.1 Å². The Morgan fingerprint density at radius 2 is 0.784 bits per heavy atom. The van der Waals surface area contributed by atoms with Crippen molar-refractivity contribution in [3.05, 3.63) is 170 Å². The SMILES string of the molecule is Nc1ncccn1.Nc1ncccn1.O=C1C=CC=C/C1=C/Nc1ccccc1.O=C1C=CC=C/C1=C\Nc1ccccc1.O=S=O.O=S=O.[Cu]. The van der Waals surface area contributed by atoms with Crippen LogP contribution in [0.2, 0.25) is 0 Å². The van der Waals surface area contributed by atoms with Crippen LogP contribution < -0.4 is 22.1 Å². The number of carbonyl (C=O) groups is 2. The number of para-hydroxylation sites is 2. The minimum absolute atomic E-state index is 0. The van der Waals surface area contributed by atoms with Crippen molar-refractivity contribution in [3.63, 3.8) is 0 Å². The van der Waals surface area contributed by atoms with Gasteiger partial charge in [-0.05, 0) is 60.7 Å². The zero-order chi connectivity index (χ0) is 36.7. The normalized spacial score (nSPS) is 12.9. The molecule has 2 aliphatic carbocycles. The second-order valence-electron chi connectivity index (χ2n) is 8.74. The first kappa shape index (κ1) is 44.7. The molecule has 0 saturated heterocycles. The Bertz CT molecular complexity index is 1710. The van der Waals surface area contributed by atoms with Gasteiger partial charge in [0.25, 0.3) is 0 Å². The van der Waals surface area contributed by atoms with Crippen molar-refractivity contribution in [2.24, 2.45) is 0 Å². The molecule has 6 N–H and O–H groups in total. The third kappa shape index (κ3) is 22.9. The molecule has 6 rings (SSSR count). The van der Waals surface area contributed by atoms with E-state index in [4.69, 9.17) is 28.3 Å². The molecule has 1 radical (unpaired) electrons. The van der Waals surface area contributed by atoms with Crippen LogP contribution in [-0.4, -0.2) is 48.3 Å². The van der Waals surface area contributed by atoms with E-state index in [1.165, 1.54) is 0 Å². The van der Waals surface area contributed by atoms with Crippen molar-refractivity contribution >= 4 is 58.0 Å². The zero-order valence-corrected chi connectivity index (χ0v) is 29.1. The molecule has 0 aliphatic heterocycles. The second kappa shape index (κ2) is 29.8. The fourth-order valence-electron chi connectivity index (χ4n) is 3.21. The van der Waals surface area contributed by atoms with Crippen molar-refractivity contribution in [1.29, 1.82) is 0 Å². The summed E-state index contributed by atoms with van der Waals surface area (Å²) >= 11 is -1.50. The average molecular weight is 776 g/mol. The fourth-order valence-corrected chi connectivity index (χ4v) is 3.21. The molecular weight excluding hydrogens is 744 g/mol. The Labute approximate surface area is 312 Å². The van der Waals surface area contributed by atoms with Crippen LogP contribution in [0.3, 0.4) is 0 Å². The van der Waals surface area contributed by atoms with E-state index >= 15 is 0 Å². The molecule has 0 unspecified atom stereocenters. The van der Waals surface area contributed by atoms with Crippen molar-refractivity contribution in [3.8, 4) is 0 Å². The van der Waals surface area contributed by atoms with Gasteiger partial charge in [0.05, 0.1) is 0 Å². The van der Waals surface area contributed by atoms with Crippen molar-refractivity contribution < 1.29 is 43.5 Å². The van der Waals surface area contributed by atoms with Gasteiger partial charge < -0.3 is 22.1 Å². The number of nitrogen functional groups attached to an aromatic ring is 2. The Morgan fingerprint density at radius 1 is 0.490 bits per heavy atom. The van der Waals surface area contributed by atoms with Gasteiger partial charge in [-0.15, -0.1) is 0 Å². The average Bonchev–Trinajstić information content (AvgIpc) is 3.14. The molecule has 267 valence electrons. The van der Waals surface area contributed by atoms with Crippen LogP contribution in [0.1, 0.15) is 0 Å². The quantitative estimate of drug-likeness (QED) is 0.169. The third-order valence-electron chi connectivity index (χ3n) is 5.35. The number of ketones is 2. The number of hydrogen-bond acceptors (Lipinski definition) is 14. The number of anilines is 4. The Hall–Kier alpha value is -6.26. The molecular formula is C34H32CuN8O6S2. The summed E-state index contributed by atoms with van der Waals surface area (Å²) in [6.07, 6.45) is 23.7. The fraction of sp³-hybridized carbons (Fsp3) is 0. The Balaban J connectivity index is 0.000000645. The predicted molar refractivity (Wildman–Crippen MR) is 194 cm³/mol. The monoisotopic (exact) mass is 775 g/mol. The van der Waals surface area contributed by atoms with Gasteiger partial charge in [0.1, 0.15) is 0 Å². The molecule has 0 spiro atoms. The first-order chi connectivity index (χ1) is 24.3. The maximum absolute atomic E-state index is 11.4. The molecule has 14 nitrogen and oxygen atoms in total. The van der Waals surface area contributed by atoms with E-state index < -0.39 is 23.1 Å². The van der Waals surface area contributed by atoms with Gasteiger partial charge >= 0.3 is 23.1 Å². The summed E-state index contributed by atoms with van der Waals surface area (Å²) in [7, 11) is 0. The van der Waals surface area contributed by atoms with Gasteiger partial charge in [-0.3, -0.25) is 9.59 Å². The van der Waals surface area contributed by atoms with Crippen molar-refractivity contribution in [2.45, 2.75) is 0 Å². The minimum Gasteiger partial charge on any atom is -0.368 e. The number of benzene rings is 2. The summed E-state index contributed by atoms with van der Waals surface area (Å²) in [5, 5.41) is 6.15. The number of hydrogen-bond donors (Lipinski definition) is 4. The van der Waals surface area contributed by atoms with E-state index in [9.17, 15) is 9.59 Å². The molecule has 0 bridgehead atoms. The molecule has 2 aliphatic rings. The van der Waals surface area contributed by atoms with E-state index in [2.05, 4.69) is 30.6 Å². The molecule has 17 heteroatoms. The smallest absolute Gasteiger partial charge is 0.335 e. The Morgan fingerprint density at radius 3 is 1.04 bits per heavy atom. The molecule has 2 aromatic heterocycles. The summed E-state index contributed by atoms with van der Waals surface area (Å²) in [4.78, 5) is 37.3.